The maximum absolute atomic E-state index is 3.98. The molecule has 2 N–H and O–H groups in total. The van der Waals surface area contributed by atoms with Crippen LogP contribution >= 0.6 is 0 Å². The lowest BCUT2D eigenvalue weighted by Gasteiger charge is -2.13. The Kier molecular flexibility index (Phi) is 2.44. The minimum absolute atomic E-state index is 0.260. The molecule has 0 saturated heterocycles. The molecule has 2 rings (SSSR count). The van der Waals surface area contributed by atoms with Crippen LogP contribution in [-0.2, 0) is 0 Å². The van der Waals surface area contributed by atoms with E-state index in [1.165, 1.54) is 5.56 Å². The zero-order valence-electron chi connectivity index (χ0n) is 7.94. The summed E-state index contributed by atoms with van der Waals surface area (Å²) in [6.45, 7) is 2.10. The van der Waals surface area contributed by atoms with Gasteiger partial charge in [-0.1, -0.05) is 0 Å². The van der Waals surface area contributed by atoms with E-state index in [9.17, 15) is 0 Å². The van der Waals surface area contributed by atoms with Gasteiger partial charge in [-0.05, 0) is 24.6 Å². The van der Waals surface area contributed by atoms with Crippen molar-refractivity contribution in [1.29, 1.82) is 0 Å². The normalized spacial score (nSPS) is 12.4. The minimum atomic E-state index is 0.260. The minimum Gasteiger partial charge on any atom is -0.376 e. The second kappa shape index (κ2) is 3.91. The van der Waals surface area contributed by atoms with Gasteiger partial charge in [0.15, 0.2) is 0 Å². The molecule has 0 amide bonds. The van der Waals surface area contributed by atoms with E-state index in [0.717, 1.165) is 5.69 Å². The number of aromatic amines is 1. The third kappa shape index (κ3) is 1.90. The molecule has 1 unspecified atom stereocenters. The Morgan fingerprint density at radius 1 is 1.36 bits per heavy atom. The van der Waals surface area contributed by atoms with Crippen LogP contribution in [-0.4, -0.2) is 15.2 Å². The van der Waals surface area contributed by atoms with Gasteiger partial charge in [0.05, 0.1) is 11.9 Å². The molecule has 72 valence electrons. The van der Waals surface area contributed by atoms with Crippen LogP contribution in [0.3, 0.4) is 0 Å². The van der Waals surface area contributed by atoms with Gasteiger partial charge in [0.1, 0.15) is 0 Å². The van der Waals surface area contributed by atoms with Crippen molar-refractivity contribution in [2.45, 2.75) is 13.0 Å². The highest BCUT2D eigenvalue weighted by molar-refractivity contribution is 5.40. The number of rotatable bonds is 3. The summed E-state index contributed by atoms with van der Waals surface area (Å²) in [5.74, 6) is 0. The molecule has 0 bridgehead atoms. The van der Waals surface area contributed by atoms with E-state index in [0.29, 0.717) is 0 Å². The maximum Gasteiger partial charge on any atom is 0.0728 e. The van der Waals surface area contributed by atoms with Crippen molar-refractivity contribution in [2.24, 2.45) is 0 Å². The Morgan fingerprint density at radius 2 is 2.14 bits per heavy atom. The third-order valence-electron chi connectivity index (χ3n) is 2.09. The lowest BCUT2D eigenvalue weighted by molar-refractivity contribution is 0.881. The van der Waals surface area contributed by atoms with Crippen LogP contribution in [0.15, 0.2) is 36.9 Å². The molecule has 0 radical (unpaired) electrons. The fourth-order valence-electron chi connectivity index (χ4n) is 1.32. The van der Waals surface area contributed by atoms with Crippen LogP contribution < -0.4 is 5.32 Å². The number of nitrogens with zero attached hydrogens (tertiary/aromatic N) is 2. The molecule has 0 saturated carbocycles. The van der Waals surface area contributed by atoms with Gasteiger partial charge in [0.25, 0.3) is 0 Å². The molecule has 0 fully saturated rings. The average molecular weight is 188 g/mol. The Labute approximate surface area is 82.4 Å². The van der Waals surface area contributed by atoms with Gasteiger partial charge in [-0.2, -0.15) is 5.10 Å². The van der Waals surface area contributed by atoms with E-state index in [-0.39, 0.29) is 6.04 Å². The highest BCUT2D eigenvalue weighted by Crippen LogP contribution is 2.16. The van der Waals surface area contributed by atoms with Gasteiger partial charge in [0.2, 0.25) is 0 Å². The first-order chi connectivity index (χ1) is 6.86. The highest BCUT2D eigenvalue weighted by atomic mass is 15.1. The molecule has 0 aliphatic heterocycles. The van der Waals surface area contributed by atoms with E-state index in [1.54, 1.807) is 18.6 Å². The van der Waals surface area contributed by atoms with Crippen molar-refractivity contribution in [2.75, 3.05) is 5.32 Å². The van der Waals surface area contributed by atoms with Gasteiger partial charge in [-0.3, -0.25) is 10.1 Å². The van der Waals surface area contributed by atoms with Gasteiger partial charge in [0, 0.05) is 24.6 Å². The van der Waals surface area contributed by atoms with E-state index in [4.69, 9.17) is 0 Å². The van der Waals surface area contributed by atoms with Crippen LogP contribution in [0.2, 0.25) is 0 Å². The number of anilines is 1. The van der Waals surface area contributed by atoms with Gasteiger partial charge in [-0.25, -0.2) is 0 Å². The molecule has 4 heteroatoms. The Balaban J connectivity index is 2.07. The molecular weight excluding hydrogens is 176 g/mol. The molecule has 0 spiro atoms. The summed E-state index contributed by atoms with van der Waals surface area (Å²) in [5, 5.41) is 9.95. The van der Waals surface area contributed by atoms with Gasteiger partial charge in [-0.15, -0.1) is 0 Å². The van der Waals surface area contributed by atoms with Crippen LogP contribution in [0.1, 0.15) is 18.5 Å². The van der Waals surface area contributed by atoms with Crippen molar-refractivity contribution in [3.05, 3.63) is 42.5 Å². The van der Waals surface area contributed by atoms with E-state index in [2.05, 4.69) is 27.4 Å². The number of pyridine rings is 1. The summed E-state index contributed by atoms with van der Waals surface area (Å²) in [6, 6.07) is 4.26. The molecule has 4 nitrogen and oxygen atoms in total. The van der Waals surface area contributed by atoms with Gasteiger partial charge >= 0.3 is 0 Å². The van der Waals surface area contributed by atoms with Crippen molar-refractivity contribution in [3.8, 4) is 0 Å². The largest absolute Gasteiger partial charge is 0.376 e. The molecule has 14 heavy (non-hydrogen) atoms. The van der Waals surface area contributed by atoms with Crippen molar-refractivity contribution < 1.29 is 0 Å². The molecule has 2 aromatic heterocycles. The Bertz CT molecular complexity index is 368. The van der Waals surface area contributed by atoms with Crippen molar-refractivity contribution >= 4 is 5.69 Å². The topological polar surface area (TPSA) is 53.6 Å². The molecule has 0 aliphatic rings. The summed E-state index contributed by atoms with van der Waals surface area (Å²) >= 11 is 0. The number of hydrogen-bond acceptors (Lipinski definition) is 3. The number of aromatic nitrogens is 3. The first-order valence-electron chi connectivity index (χ1n) is 4.51. The van der Waals surface area contributed by atoms with E-state index in [1.807, 2.05) is 18.3 Å². The quantitative estimate of drug-likeness (QED) is 0.774. The fraction of sp³-hybridized carbons (Fsp3) is 0.200. The Morgan fingerprint density at radius 3 is 2.79 bits per heavy atom. The first kappa shape index (κ1) is 8.74. The lowest BCUT2D eigenvalue weighted by Crippen LogP contribution is -2.05. The average Bonchev–Trinajstić information content (AvgIpc) is 2.72. The highest BCUT2D eigenvalue weighted by Gasteiger charge is 2.04. The van der Waals surface area contributed by atoms with Crippen LogP contribution in [0.25, 0.3) is 0 Å². The third-order valence-corrected chi connectivity index (χ3v) is 2.09. The van der Waals surface area contributed by atoms with E-state index < -0.39 is 0 Å². The van der Waals surface area contributed by atoms with Crippen molar-refractivity contribution in [3.63, 3.8) is 0 Å². The SMILES string of the molecule is CC(Nc1cn[nH]c1)c1ccncc1. The summed E-state index contributed by atoms with van der Waals surface area (Å²) in [6.07, 6.45) is 7.18. The van der Waals surface area contributed by atoms with Crippen molar-refractivity contribution in [1.82, 2.24) is 15.2 Å². The predicted molar refractivity (Wildman–Crippen MR) is 54.9 cm³/mol. The summed E-state index contributed by atoms with van der Waals surface area (Å²) in [7, 11) is 0. The zero-order chi connectivity index (χ0) is 9.80. The lowest BCUT2D eigenvalue weighted by atomic mass is 10.1. The van der Waals surface area contributed by atoms with Gasteiger partial charge < -0.3 is 5.32 Å². The summed E-state index contributed by atoms with van der Waals surface area (Å²) in [5.41, 5.74) is 2.20. The molecule has 2 aromatic rings. The second-order valence-corrected chi connectivity index (χ2v) is 3.13. The standard InChI is InChI=1S/C10H12N4/c1-8(9-2-4-11-5-3-9)14-10-6-12-13-7-10/h2-8,14H,1H3,(H,12,13). The first-order valence-corrected chi connectivity index (χ1v) is 4.51. The fourth-order valence-corrected chi connectivity index (χ4v) is 1.32. The summed E-state index contributed by atoms with van der Waals surface area (Å²) in [4.78, 5) is 3.98. The monoisotopic (exact) mass is 188 g/mol. The maximum atomic E-state index is 3.98. The van der Waals surface area contributed by atoms with E-state index >= 15 is 0 Å². The smallest absolute Gasteiger partial charge is 0.0728 e. The predicted octanol–water partition coefficient (Wildman–Crippen LogP) is 1.98. The number of hydrogen-bond donors (Lipinski definition) is 2. The van der Waals surface area contributed by atoms with Crippen LogP contribution in [0.5, 0.6) is 0 Å². The number of nitrogens with one attached hydrogen (secondary N) is 2. The zero-order valence-corrected chi connectivity index (χ0v) is 7.94. The second-order valence-electron chi connectivity index (χ2n) is 3.13. The van der Waals surface area contributed by atoms with Crippen LogP contribution in [0.4, 0.5) is 5.69 Å². The molecule has 1 atom stereocenters. The molecule has 0 aromatic carbocycles. The summed E-state index contributed by atoms with van der Waals surface area (Å²) < 4.78 is 0. The Hall–Kier alpha value is -1.84. The number of H-pyrrole nitrogens is 1. The molecule has 2 heterocycles. The van der Waals surface area contributed by atoms with Crippen LogP contribution in [0, 0.1) is 0 Å². The molecule has 0 aliphatic carbocycles. The molecular formula is C10H12N4.